The molecule has 0 aliphatic heterocycles. The molecule has 0 bridgehead atoms. The van der Waals surface area contributed by atoms with Crippen molar-refractivity contribution < 1.29 is 58.9 Å². The summed E-state index contributed by atoms with van der Waals surface area (Å²) < 4.78 is 0. The Morgan fingerprint density at radius 3 is 1.88 bits per heavy atom. The van der Waals surface area contributed by atoms with Gasteiger partial charge in [-0.1, -0.05) is 116 Å². The molecular formula is C27H37Cl3Si2Ti. The van der Waals surface area contributed by atoms with Crippen molar-refractivity contribution in [1.82, 2.24) is 0 Å². The van der Waals surface area contributed by atoms with Crippen LogP contribution in [0.25, 0.3) is 0 Å². The number of aryl methyl sites for hydroxylation is 2. The molecule has 0 aliphatic carbocycles. The quantitative estimate of drug-likeness (QED) is 0.216. The molecule has 0 saturated heterocycles. The average Bonchev–Trinajstić information content (AvgIpc) is 2.83. The third kappa shape index (κ3) is 7.64. The Hall–Kier alpha value is -0.192. The van der Waals surface area contributed by atoms with Crippen LogP contribution in [0.4, 0.5) is 0 Å². The zero-order valence-electron chi connectivity index (χ0n) is 21.5. The first-order valence-corrected chi connectivity index (χ1v) is 16.4. The van der Waals surface area contributed by atoms with E-state index in [0.29, 0.717) is 0 Å². The van der Waals surface area contributed by atoms with Crippen LogP contribution in [0.3, 0.4) is 0 Å². The van der Waals surface area contributed by atoms with Crippen LogP contribution >= 0.6 is 0 Å². The molecule has 0 heterocycles. The third-order valence-corrected chi connectivity index (χ3v) is 12.3. The Kier molecular flexibility index (Phi) is 14.6. The predicted octanol–water partition coefficient (Wildman–Crippen LogP) is -4.07. The van der Waals surface area contributed by atoms with Gasteiger partial charge in [0.05, 0.1) is 8.07 Å². The minimum atomic E-state index is -1.39. The molecule has 0 spiro atoms. The Bertz CT molecular complexity index is 1030. The largest absolute Gasteiger partial charge is 4.00 e. The van der Waals surface area contributed by atoms with Crippen LogP contribution in [-0.2, 0) is 27.8 Å². The Morgan fingerprint density at radius 1 is 0.818 bits per heavy atom. The fourth-order valence-electron chi connectivity index (χ4n) is 4.64. The normalized spacial score (nSPS) is 11.4. The van der Waals surface area contributed by atoms with Gasteiger partial charge in [0, 0.05) is 0 Å². The molecule has 1 unspecified atom stereocenters. The summed E-state index contributed by atoms with van der Waals surface area (Å²) in [5.41, 5.74) is 10.5. The standard InChI is InChI=1S/C27H37Si2.3ClH.Ti/c1-18-14-24(16-25(15-18)29(7,8)9)28(27-13-11-10-12-19(27)2)17-26-22(5)20(3)21(4)23(26)6;;;;/h10-16,28H,17H2,1-9H3;3*1H;/q-1;;;;+4/p-3. The van der Waals surface area contributed by atoms with Crippen molar-refractivity contribution in [2.45, 2.75) is 67.2 Å². The minimum Gasteiger partial charge on any atom is -1.00 e. The van der Waals surface area contributed by atoms with Gasteiger partial charge in [-0.2, -0.15) is 27.8 Å². The van der Waals surface area contributed by atoms with Crippen LogP contribution in [0.15, 0.2) is 42.5 Å². The first-order chi connectivity index (χ1) is 13.5. The van der Waals surface area contributed by atoms with Gasteiger partial charge in [-0.3, -0.25) is 0 Å². The molecule has 0 N–H and O–H groups in total. The van der Waals surface area contributed by atoms with Gasteiger partial charge in [0.15, 0.2) is 0 Å². The molecule has 0 amide bonds. The second-order valence-corrected chi connectivity index (χ2v) is 17.9. The molecule has 0 fully saturated rings. The van der Waals surface area contributed by atoms with Gasteiger partial charge in [-0.15, -0.1) is 0 Å². The van der Waals surface area contributed by atoms with Crippen molar-refractivity contribution in [2.75, 3.05) is 0 Å². The summed E-state index contributed by atoms with van der Waals surface area (Å²) in [5.74, 6) is 0. The van der Waals surface area contributed by atoms with Crippen molar-refractivity contribution >= 4 is 32.4 Å². The second-order valence-electron chi connectivity index (χ2n) is 9.97. The average molecular weight is 572 g/mol. The molecule has 3 rings (SSSR count). The minimum absolute atomic E-state index is 0. The predicted molar refractivity (Wildman–Crippen MR) is 136 cm³/mol. The number of halogens is 3. The third-order valence-electron chi connectivity index (χ3n) is 6.93. The second kappa shape index (κ2) is 13.8. The molecule has 3 aromatic rings. The van der Waals surface area contributed by atoms with E-state index in [2.05, 4.69) is 104 Å². The van der Waals surface area contributed by atoms with Gasteiger partial charge in [0.25, 0.3) is 0 Å². The van der Waals surface area contributed by atoms with Gasteiger partial charge < -0.3 is 37.2 Å². The van der Waals surface area contributed by atoms with Crippen LogP contribution < -0.4 is 52.8 Å². The Morgan fingerprint density at radius 2 is 1.39 bits per heavy atom. The molecule has 0 saturated carbocycles. The number of hydrogen-bond acceptors (Lipinski definition) is 0. The molecule has 178 valence electrons. The van der Waals surface area contributed by atoms with Crippen LogP contribution in [0.1, 0.15) is 38.9 Å². The topological polar surface area (TPSA) is 0 Å². The molecule has 3 aromatic carbocycles. The van der Waals surface area contributed by atoms with E-state index < -0.39 is 16.9 Å². The summed E-state index contributed by atoms with van der Waals surface area (Å²) in [4.78, 5) is 0. The molecule has 0 aliphatic rings. The molecule has 33 heavy (non-hydrogen) atoms. The van der Waals surface area contributed by atoms with Crippen LogP contribution in [-0.4, -0.2) is 16.9 Å². The molecule has 0 aromatic heterocycles. The maximum atomic E-state index is 2.58. The first kappa shape index (κ1) is 35.0. The van der Waals surface area contributed by atoms with Crippen molar-refractivity contribution in [3.8, 4) is 0 Å². The summed E-state index contributed by atoms with van der Waals surface area (Å²) in [6, 6.07) is 17.8. The Labute approximate surface area is 238 Å². The van der Waals surface area contributed by atoms with E-state index in [-0.39, 0.29) is 58.9 Å². The van der Waals surface area contributed by atoms with E-state index in [1.165, 1.54) is 39.4 Å². The van der Waals surface area contributed by atoms with Crippen LogP contribution in [0, 0.1) is 41.5 Å². The maximum Gasteiger partial charge on any atom is 4.00 e. The molecule has 0 nitrogen and oxygen atoms in total. The number of rotatable bonds is 5. The molecule has 0 radical (unpaired) electrons. The van der Waals surface area contributed by atoms with Gasteiger partial charge in [-0.25, -0.2) is 0 Å². The summed E-state index contributed by atoms with van der Waals surface area (Å²) in [6.45, 7) is 21.2. The Balaban J connectivity index is 0. The first-order valence-electron chi connectivity index (χ1n) is 10.9. The summed E-state index contributed by atoms with van der Waals surface area (Å²) in [7, 11) is -2.74. The molecule has 6 heteroatoms. The SMILES string of the molecule is Cc1cc([SiH](Cc2c(C)c(C)c(C)[c-]2C)c2ccccc2C)cc([Si](C)(C)C)c1.[Cl-].[Cl-].[Cl-].[Ti+4]. The van der Waals surface area contributed by atoms with E-state index in [1.807, 2.05) is 0 Å². The van der Waals surface area contributed by atoms with E-state index in [1.54, 1.807) is 21.1 Å². The summed E-state index contributed by atoms with van der Waals surface area (Å²) in [6.07, 6.45) is 0. The smallest absolute Gasteiger partial charge is 1.00 e. The van der Waals surface area contributed by atoms with Gasteiger partial charge in [0.1, 0.15) is 8.80 Å². The van der Waals surface area contributed by atoms with Crippen molar-refractivity contribution in [1.29, 1.82) is 0 Å². The summed E-state index contributed by atoms with van der Waals surface area (Å²) >= 11 is 0. The van der Waals surface area contributed by atoms with Gasteiger partial charge in [0.2, 0.25) is 0 Å². The summed E-state index contributed by atoms with van der Waals surface area (Å²) in [5, 5.41) is 4.82. The van der Waals surface area contributed by atoms with E-state index >= 15 is 0 Å². The number of benzene rings is 2. The zero-order valence-corrected chi connectivity index (χ0v) is 27.4. The van der Waals surface area contributed by atoms with E-state index in [0.717, 1.165) is 0 Å². The van der Waals surface area contributed by atoms with Gasteiger partial charge in [-0.05, 0) is 19.9 Å². The number of hydrogen-bond donors (Lipinski definition) is 0. The maximum absolute atomic E-state index is 2.58. The van der Waals surface area contributed by atoms with E-state index in [9.17, 15) is 0 Å². The monoisotopic (exact) mass is 570 g/mol. The van der Waals surface area contributed by atoms with Crippen molar-refractivity contribution in [2.24, 2.45) is 0 Å². The van der Waals surface area contributed by atoms with Crippen LogP contribution in [0.2, 0.25) is 19.6 Å². The fourth-order valence-corrected chi connectivity index (χ4v) is 9.74. The zero-order chi connectivity index (χ0) is 21.5. The van der Waals surface area contributed by atoms with Crippen LogP contribution in [0.5, 0.6) is 0 Å². The van der Waals surface area contributed by atoms with E-state index in [4.69, 9.17) is 0 Å². The molecular weight excluding hydrogens is 535 g/mol. The van der Waals surface area contributed by atoms with Gasteiger partial charge >= 0.3 is 21.7 Å². The molecule has 1 atom stereocenters. The van der Waals surface area contributed by atoms with Crippen molar-refractivity contribution in [3.05, 3.63) is 81.4 Å². The fraction of sp³-hybridized carbons (Fsp3) is 0.370. The van der Waals surface area contributed by atoms with Crippen molar-refractivity contribution in [3.63, 3.8) is 0 Å².